The second-order valence-corrected chi connectivity index (χ2v) is 4.38. The Morgan fingerprint density at radius 3 is 2.60 bits per heavy atom. The third kappa shape index (κ3) is 3.55. The molecule has 0 aliphatic carbocycles. The quantitative estimate of drug-likeness (QED) is 0.633. The Bertz CT molecular complexity index is 572. The lowest BCUT2D eigenvalue weighted by molar-refractivity contribution is -0.607. The standard InChI is InChI=1S/C15H16N2O3/c18-14(12-6-2-1-3-7-12)9-10-16-15(19)13-8-4-5-11-17(13)20/h1-8,11,14,18H,9-10H2,(H,16,19). The second kappa shape index (κ2) is 6.68. The monoisotopic (exact) mass is 272 g/mol. The van der Waals surface area contributed by atoms with E-state index in [4.69, 9.17) is 0 Å². The van der Waals surface area contributed by atoms with Gasteiger partial charge in [-0.2, -0.15) is 4.73 Å². The molecule has 5 nitrogen and oxygen atoms in total. The number of aliphatic hydroxyl groups excluding tert-OH is 1. The smallest absolute Gasteiger partial charge is 0.317 e. The summed E-state index contributed by atoms with van der Waals surface area (Å²) in [4.78, 5) is 11.8. The Kier molecular flexibility index (Phi) is 4.68. The second-order valence-electron chi connectivity index (χ2n) is 4.38. The average Bonchev–Trinajstić information content (AvgIpc) is 2.48. The first kappa shape index (κ1) is 14.0. The number of benzene rings is 1. The number of hydrogen-bond acceptors (Lipinski definition) is 3. The van der Waals surface area contributed by atoms with Crippen molar-refractivity contribution in [2.24, 2.45) is 0 Å². The van der Waals surface area contributed by atoms with E-state index in [1.54, 1.807) is 12.1 Å². The fourth-order valence-electron chi connectivity index (χ4n) is 1.86. The summed E-state index contributed by atoms with van der Waals surface area (Å²) >= 11 is 0. The van der Waals surface area contributed by atoms with Crippen molar-refractivity contribution in [1.29, 1.82) is 0 Å². The molecule has 0 spiro atoms. The Labute approximate surface area is 117 Å². The van der Waals surface area contributed by atoms with Gasteiger partial charge in [-0.15, -0.1) is 0 Å². The molecule has 0 saturated heterocycles. The van der Waals surface area contributed by atoms with E-state index in [2.05, 4.69) is 5.32 Å². The fraction of sp³-hybridized carbons (Fsp3) is 0.200. The van der Waals surface area contributed by atoms with Crippen LogP contribution in [0, 0.1) is 5.21 Å². The summed E-state index contributed by atoms with van der Waals surface area (Å²) in [6.45, 7) is 0.295. The van der Waals surface area contributed by atoms with Gasteiger partial charge in [-0.25, -0.2) is 0 Å². The topological polar surface area (TPSA) is 76.3 Å². The van der Waals surface area contributed by atoms with Gasteiger partial charge in [-0.05, 0) is 18.1 Å². The molecule has 1 amide bonds. The van der Waals surface area contributed by atoms with Gasteiger partial charge in [-0.1, -0.05) is 30.3 Å². The first-order valence-electron chi connectivity index (χ1n) is 6.38. The van der Waals surface area contributed by atoms with Crippen LogP contribution in [0.5, 0.6) is 0 Å². The van der Waals surface area contributed by atoms with Crippen LogP contribution < -0.4 is 10.0 Å². The Morgan fingerprint density at radius 1 is 1.20 bits per heavy atom. The first-order valence-corrected chi connectivity index (χ1v) is 6.38. The zero-order chi connectivity index (χ0) is 14.4. The average molecular weight is 272 g/mol. The number of carbonyl (C=O) groups is 1. The van der Waals surface area contributed by atoms with E-state index >= 15 is 0 Å². The van der Waals surface area contributed by atoms with Crippen molar-refractivity contribution in [2.75, 3.05) is 6.54 Å². The lowest BCUT2D eigenvalue weighted by Crippen LogP contribution is -2.39. The molecule has 5 heteroatoms. The molecule has 0 aliphatic rings. The summed E-state index contributed by atoms with van der Waals surface area (Å²) in [6, 6.07) is 13.9. The number of hydrogen-bond donors (Lipinski definition) is 2. The maximum Gasteiger partial charge on any atom is 0.317 e. The summed E-state index contributed by atoms with van der Waals surface area (Å²) < 4.78 is 0.517. The Balaban J connectivity index is 1.84. The van der Waals surface area contributed by atoms with Gasteiger partial charge in [0.05, 0.1) is 6.10 Å². The first-order chi connectivity index (χ1) is 9.68. The molecule has 0 bridgehead atoms. The van der Waals surface area contributed by atoms with Crippen LogP contribution in [0.1, 0.15) is 28.6 Å². The molecule has 20 heavy (non-hydrogen) atoms. The van der Waals surface area contributed by atoms with Crippen molar-refractivity contribution in [2.45, 2.75) is 12.5 Å². The van der Waals surface area contributed by atoms with Gasteiger partial charge in [0.25, 0.3) is 5.69 Å². The van der Waals surface area contributed by atoms with Crippen molar-refractivity contribution in [1.82, 2.24) is 5.32 Å². The fourth-order valence-corrected chi connectivity index (χ4v) is 1.86. The number of pyridine rings is 1. The van der Waals surface area contributed by atoms with Gasteiger partial charge < -0.3 is 15.6 Å². The zero-order valence-corrected chi connectivity index (χ0v) is 10.9. The molecule has 1 aromatic heterocycles. The highest BCUT2D eigenvalue weighted by atomic mass is 16.5. The molecule has 0 aliphatic heterocycles. The predicted molar refractivity (Wildman–Crippen MR) is 73.8 cm³/mol. The third-order valence-corrected chi connectivity index (χ3v) is 2.94. The zero-order valence-electron chi connectivity index (χ0n) is 10.9. The van der Waals surface area contributed by atoms with Crippen molar-refractivity contribution in [3.05, 3.63) is 71.2 Å². The SMILES string of the molecule is O=C(NCCC(O)c1ccccc1)c1cccc[n+]1[O-]. The van der Waals surface area contributed by atoms with Crippen LogP contribution >= 0.6 is 0 Å². The van der Waals surface area contributed by atoms with Gasteiger partial charge >= 0.3 is 5.91 Å². The van der Waals surface area contributed by atoms with Crippen LogP contribution in [-0.4, -0.2) is 17.6 Å². The number of aromatic nitrogens is 1. The highest BCUT2D eigenvalue weighted by Crippen LogP contribution is 2.14. The van der Waals surface area contributed by atoms with Gasteiger partial charge in [0, 0.05) is 18.7 Å². The molecule has 0 saturated carbocycles. The minimum absolute atomic E-state index is 0.0432. The minimum atomic E-state index is -0.633. The molecule has 2 rings (SSSR count). The van der Waals surface area contributed by atoms with Crippen LogP contribution in [0.25, 0.3) is 0 Å². The molecular formula is C15H16N2O3. The summed E-state index contributed by atoms with van der Waals surface area (Å²) in [5.74, 6) is -0.444. The molecule has 2 N–H and O–H groups in total. The minimum Gasteiger partial charge on any atom is -0.618 e. The number of carbonyl (C=O) groups excluding carboxylic acids is 1. The van der Waals surface area contributed by atoms with Gasteiger partial charge in [0.15, 0.2) is 6.20 Å². The van der Waals surface area contributed by atoms with Crippen molar-refractivity contribution in [3.63, 3.8) is 0 Å². The molecular weight excluding hydrogens is 256 g/mol. The van der Waals surface area contributed by atoms with Crippen LogP contribution in [0.2, 0.25) is 0 Å². The molecule has 1 aromatic carbocycles. The van der Waals surface area contributed by atoms with Crippen LogP contribution in [-0.2, 0) is 0 Å². The molecule has 0 radical (unpaired) electrons. The van der Waals surface area contributed by atoms with E-state index in [9.17, 15) is 15.1 Å². The van der Waals surface area contributed by atoms with Crippen molar-refractivity contribution in [3.8, 4) is 0 Å². The van der Waals surface area contributed by atoms with E-state index in [0.29, 0.717) is 17.7 Å². The molecule has 2 aromatic rings. The van der Waals surface area contributed by atoms with E-state index in [1.165, 1.54) is 12.3 Å². The summed E-state index contributed by atoms with van der Waals surface area (Å²) in [5.41, 5.74) is 0.849. The lowest BCUT2D eigenvalue weighted by atomic mass is 10.1. The van der Waals surface area contributed by atoms with Gasteiger partial charge in [-0.3, -0.25) is 4.79 Å². The molecule has 1 atom stereocenters. The molecule has 1 heterocycles. The van der Waals surface area contributed by atoms with E-state index < -0.39 is 12.0 Å². The van der Waals surface area contributed by atoms with E-state index in [-0.39, 0.29) is 5.69 Å². The van der Waals surface area contributed by atoms with Crippen LogP contribution in [0.15, 0.2) is 54.7 Å². The highest BCUT2D eigenvalue weighted by Gasteiger charge is 2.15. The Hall–Kier alpha value is -2.40. The molecule has 104 valence electrons. The molecule has 1 unspecified atom stereocenters. The van der Waals surface area contributed by atoms with Gasteiger partial charge in [0.2, 0.25) is 0 Å². The maximum absolute atomic E-state index is 11.8. The van der Waals surface area contributed by atoms with Crippen molar-refractivity contribution >= 4 is 5.91 Å². The van der Waals surface area contributed by atoms with E-state index in [1.807, 2.05) is 30.3 Å². The number of nitrogens with zero attached hydrogens (tertiary/aromatic N) is 1. The van der Waals surface area contributed by atoms with Crippen LogP contribution in [0.3, 0.4) is 0 Å². The summed E-state index contributed by atoms with van der Waals surface area (Å²) in [6.07, 6.45) is 1.03. The van der Waals surface area contributed by atoms with Gasteiger partial charge in [0.1, 0.15) is 0 Å². The third-order valence-electron chi connectivity index (χ3n) is 2.94. The maximum atomic E-state index is 11.8. The van der Waals surface area contributed by atoms with Crippen LogP contribution in [0.4, 0.5) is 0 Å². The van der Waals surface area contributed by atoms with Crippen molar-refractivity contribution < 1.29 is 14.6 Å². The highest BCUT2D eigenvalue weighted by molar-refractivity contribution is 5.90. The number of amides is 1. The summed E-state index contributed by atoms with van der Waals surface area (Å²) in [5, 5.41) is 23.9. The number of nitrogens with one attached hydrogen (secondary N) is 1. The number of rotatable bonds is 5. The summed E-state index contributed by atoms with van der Waals surface area (Å²) in [7, 11) is 0. The lowest BCUT2D eigenvalue weighted by Gasteiger charge is -2.11. The normalized spacial score (nSPS) is 11.8. The largest absolute Gasteiger partial charge is 0.618 e. The predicted octanol–water partition coefficient (Wildman–Crippen LogP) is 1.17. The Morgan fingerprint density at radius 2 is 1.90 bits per heavy atom. The number of aliphatic hydroxyl groups is 1. The molecule has 0 fully saturated rings. The van der Waals surface area contributed by atoms with E-state index in [0.717, 1.165) is 5.56 Å².